The zero-order chi connectivity index (χ0) is 9.44. The highest BCUT2D eigenvalue weighted by molar-refractivity contribution is 5.76. The average Bonchev–Trinajstić information content (AvgIpc) is 1.89. The number of hydrogen-bond acceptors (Lipinski definition) is 1. The van der Waals surface area contributed by atoms with Crippen molar-refractivity contribution in [3.05, 3.63) is 0 Å². The quantitative estimate of drug-likeness (QED) is 0.471. The van der Waals surface area contributed by atoms with Gasteiger partial charge in [-0.3, -0.25) is 5.41 Å². The first-order valence-electron chi connectivity index (χ1n) is 4.24. The maximum atomic E-state index is 6.52. The summed E-state index contributed by atoms with van der Waals surface area (Å²) in [5, 5.41) is 6.52. The van der Waals surface area contributed by atoms with Crippen LogP contribution in [0.5, 0.6) is 0 Å². The molecular weight excluding hydrogens is 136 g/mol. The first-order valence-corrected chi connectivity index (χ1v) is 4.24. The fourth-order valence-electron chi connectivity index (χ4n) is 0. The Bertz CT molecular complexity index is 89.7. The lowest BCUT2D eigenvalue weighted by atomic mass is 10.0. The van der Waals surface area contributed by atoms with Gasteiger partial charge in [-0.25, -0.2) is 0 Å². The third kappa shape index (κ3) is 17.7. The largest absolute Gasteiger partial charge is 0.388 e. The highest BCUT2D eigenvalue weighted by Crippen LogP contribution is 2.05. The Hall–Kier alpha value is -0.530. The van der Waals surface area contributed by atoms with E-state index in [-0.39, 0.29) is 5.84 Å². The molecule has 2 heteroatoms. The molecule has 2 nitrogen and oxygen atoms in total. The van der Waals surface area contributed by atoms with E-state index in [0.29, 0.717) is 6.42 Å². The Balaban J connectivity index is 0. The van der Waals surface area contributed by atoms with Crippen molar-refractivity contribution in [2.24, 2.45) is 17.6 Å². The van der Waals surface area contributed by atoms with E-state index in [1.807, 2.05) is 6.92 Å². The number of amidine groups is 1. The minimum atomic E-state index is 0.255. The molecular formula is C9H22N2. The third-order valence-corrected chi connectivity index (χ3v) is 1.71. The first kappa shape index (κ1) is 13.1. The summed E-state index contributed by atoms with van der Waals surface area (Å²) in [6, 6.07) is 0. The van der Waals surface area contributed by atoms with Crippen LogP contribution in [0.25, 0.3) is 0 Å². The Morgan fingerprint density at radius 2 is 1.36 bits per heavy atom. The van der Waals surface area contributed by atoms with Gasteiger partial charge in [0, 0.05) is 6.42 Å². The molecule has 0 unspecified atom stereocenters. The average molecular weight is 158 g/mol. The molecule has 0 radical (unpaired) electrons. The van der Waals surface area contributed by atoms with Crippen LogP contribution in [0.4, 0.5) is 0 Å². The van der Waals surface area contributed by atoms with Crippen LogP contribution in [0.15, 0.2) is 0 Å². The van der Waals surface area contributed by atoms with Crippen molar-refractivity contribution in [3.63, 3.8) is 0 Å². The molecule has 0 aliphatic heterocycles. The lowest BCUT2D eigenvalue weighted by Gasteiger charge is -2.05. The predicted molar refractivity (Wildman–Crippen MR) is 51.9 cm³/mol. The van der Waals surface area contributed by atoms with E-state index in [0.717, 1.165) is 11.8 Å². The van der Waals surface area contributed by atoms with Gasteiger partial charge >= 0.3 is 0 Å². The molecule has 0 aliphatic rings. The minimum Gasteiger partial charge on any atom is -0.388 e. The molecule has 0 amide bonds. The lowest BCUT2D eigenvalue weighted by Crippen LogP contribution is -2.05. The summed E-state index contributed by atoms with van der Waals surface area (Å²) in [6.07, 6.45) is 0.667. The standard InChI is InChI=1S/C6H14.C3H8N2/c1-5(2)6(3)4;1-2-3(4)5/h5-6H,1-4H3;2H2,1H3,(H3,4,5). The van der Waals surface area contributed by atoms with Crippen LogP contribution in [0.3, 0.4) is 0 Å². The predicted octanol–water partition coefficient (Wildman–Crippen LogP) is 2.63. The third-order valence-electron chi connectivity index (χ3n) is 1.71. The number of hydrogen-bond donors (Lipinski definition) is 2. The summed E-state index contributed by atoms with van der Waals surface area (Å²) in [7, 11) is 0. The number of nitrogens with two attached hydrogens (primary N) is 1. The maximum Gasteiger partial charge on any atom is 0.0902 e. The Morgan fingerprint density at radius 1 is 1.18 bits per heavy atom. The van der Waals surface area contributed by atoms with Crippen molar-refractivity contribution >= 4 is 5.84 Å². The fraction of sp³-hybridized carbons (Fsp3) is 0.889. The molecule has 0 aromatic heterocycles. The van der Waals surface area contributed by atoms with Crippen molar-refractivity contribution in [2.45, 2.75) is 41.0 Å². The zero-order valence-electron chi connectivity index (χ0n) is 8.44. The van der Waals surface area contributed by atoms with Gasteiger partial charge in [0.1, 0.15) is 0 Å². The lowest BCUT2D eigenvalue weighted by molar-refractivity contribution is 0.457. The van der Waals surface area contributed by atoms with Crippen LogP contribution in [0, 0.1) is 17.2 Å². The van der Waals surface area contributed by atoms with Crippen molar-refractivity contribution < 1.29 is 0 Å². The van der Waals surface area contributed by atoms with E-state index in [4.69, 9.17) is 11.1 Å². The highest BCUT2D eigenvalue weighted by Gasteiger charge is 1.95. The second-order valence-corrected chi connectivity index (χ2v) is 3.37. The molecule has 0 saturated carbocycles. The van der Waals surface area contributed by atoms with Crippen LogP contribution in [0.2, 0.25) is 0 Å². The van der Waals surface area contributed by atoms with Gasteiger partial charge in [-0.2, -0.15) is 0 Å². The SMILES string of the molecule is CC(C)C(C)C.CCC(=N)N. The van der Waals surface area contributed by atoms with E-state index in [2.05, 4.69) is 27.7 Å². The van der Waals surface area contributed by atoms with Gasteiger partial charge in [-0.05, 0) is 11.8 Å². The molecule has 0 saturated heterocycles. The van der Waals surface area contributed by atoms with Crippen molar-refractivity contribution in [1.82, 2.24) is 0 Å². The fourth-order valence-corrected chi connectivity index (χ4v) is 0. The summed E-state index contributed by atoms with van der Waals surface area (Å²) in [6.45, 7) is 10.8. The van der Waals surface area contributed by atoms with Crippen molar-refractivity contribution in [1.29, 1.82) is 5.41 Å². The number of nitrogens with one attached hydrogen (secondary N) is 1. The second kappa shape index (κ2) is 7.58. The molecule has 0 aliphatic carbocycles. The van der Waals surface area contributed by atoms with Gasteiger partial charge in [0.05, 0.1) is 5.84 Å². The topological polar surface area (TPSA) is 49.9 Å². The van der Waals surface area contributed by atoms with Crippen LogP contribution in [0.1, 0.15) is 41.0 Å². The van der Waals surface area contributed by atoms with Gasteiger partial charge in [0.25, 0.3) is 0 Å². The van der Waals surface area contributed by atoms with Crippen LogP contribution < -0.4 is 5.73 Å². The maximum absolute atomic E-state index is 6.52. The van der Waals surface area contributed by atoms with E-state index < -0.39 is 0 Å². The Morgan fingerprint density at radius 3 is 1.36 bits per heavy atom. The summed E-state index contributed by atoms with van der Waals surface area (Å²) < 4.78 is 0. The van der Waals surface area contributed by atoms with Crippen molar-refractivity contribution in [3.8, 4) is 0 Å². The van der Waals surface area contributed by atoms with E-state index in [1.54, 1.807) is 0 Å². The van der Waals surface area contributed by atoms with Gasteiger partial charge in [0.2, 0.25) is 0 Å². The molecule has 0 heterocycles. The Labute approximate surface area is 70.7 Å². The van der Waals surface area contributed by atoms with Crippen LogP contribution in [-0.4, -0.2) is 5.84 Å². The van der Waals surface area contributed by atoms with E-state index in [9.17, 15) is 0 Å². The van der Waals surface area contributed by atoms with Crippen LogP contribution in [-0.2, 0) is 0 Å². The smallest absolute Gasteiger partial charge is 0.0902 e. The molecule has 0 atom stereocenters. The van der Waals surface area contributed by atoms with E-state index in [1.165, 1.54) is 0 Å². The Kier molecular flexibility index (Phi) is 9.01. The summed E-state index contributed by atoms with van der Waals surface area (Å²) in [4.78, 5) is 0. The second-order valence-electron chi connectivity index (χ2n) is 3.37. The van der Waals surface area contributed by atoms with Crippen LogP contribution >= 0.6 is 0 Å². The summed E-state index contributed by atoms with van der Waals surface area (Å²) in [5.41, 5.74) is 4.88. The highest BCUT2D eigenvalue weighted by atomic mass is 14.7. The molecule has 0 fully saturated rings. The molecule has 0 aromatic rings. The van der Waals surface area contributed by atoms with Gasteiger partial charge < -0.3 is 5.73 Å². The minimum absolute atomic E-state index is 0.255. The molecule has 68 valence electrons. The molecule has 0 aromatic carbocycles. The van der Waals surface area contributed by atoms with Crippen molar-refractivity contribution in [2.75, 3.05) is 0 Å². The molecule has 0 spiro atoms. The molecule has 0 bridgehead atoms. The molecule has 0 rings (SSSR count). The molecule has 3 N–H and O–H groups in total. The van der Waals surface area contributed by atoms with E-state index >= 15 is 0 Å². The molecule has 11 heavy (non-hydrogen) atoms. The van der Waals surface area contributed by atoms with Gasteiger partial charge in [-0.15, -0.1) is 0 Å². The number of rotatable bonds is 2. The normalized spacial score (nSPS) is 9.36. The van der Waals surface area contributed by atoms with Gasteiger partial charge in [0.15, 0.2) is 0 Å². The zero-order valence-corrected chi connectivity index (χ0v) is 8.44. The summed E-state index contributed by atoms with van der Waals surface area (Å²) >= 11 is 0. The first-order chi connectivity index (χ1) is 4.91. The summed E-state index contributed by atoms with van der Waals surface area (Å²) in [5.74, 6) is 1.96. The van der Waals surface area contributed by atoms with Gasteiger partial charge in [-0.1, -0.05) is 34.6 Å². The monoisotopic (exact) mass is 158 g/mol.